The van der Waals surface area contributed by atoms with Crippen molar-refractivity contribution in [3.05, 3.63) is 95.1 Å². The number of Topliss-reactive ketones (excluding diaryl/α,β-unsaturated/α-hetero) is 1. The highest BCUT2D eigenvalue weighted by atomic mass is 16.5. The van der Waals surface area contributed by atoms with Gasteiger partial charge in [-0.3, -0.25) is 14.5 Å². The quantitative estimate of drug-likeness (QED) is 0.304. The number of amides is 1. The van der Waals surface area contributed by atoms with E-state index in [1.54, 1.807) is 48.5 Å². The summed E-state index contributed by atoms with van der Waals surface area (Å²) in [4.78, 5) is 28.0. The van der Waals surface area contributed by atoms with Gasteiger partial charge in [0.25, 0.3) is 11.7 Å². The summed E-state index contributed by atoms with van der Waals surface area (Å²) in [5.41, 5.74) is 2.67. The SMILES string of the molecule is COc1cccc(N2C(=O)C(=O)/C(=C(/O)c3ccc(OC(C)C)cc3)C2c2cccc(C)c2)c1. The number of ether oxygens (including phenoxy) is 2. The van der Waals surface area contributed by atoms with E-state index in [-0.39, 0.29) is 17.4 Å². The lowest BCUT2D eigenvalue weighted by atomic mass is 9.94. The third-order valence-electron chi connectivity index (χ3n) is 5.63. The average molecular weight is 458 g/mol. The molecule has 3 aromatic rings. The summed E-state index contributed by atoms with van der Waals surface area (Å²) in [6.07, 6.45) is 0.00829. The highest BCUT2D eigenvalue weighted by Crippen LogP contribution is 2.43. The molecular weight excluding hydrogens is 430 g/mol. The maximum Gasteiger partial charge on any atom is 0.300 e. The molecule has 0 bridgehead atoms. The second kappa shape index (κ2) is 9.43. The van der Waals surface area contributed by atoms with Crippen molar-refractivity contribution in [3.63, 3.8) is 0 Å². The number of methoxy groups -OCH3 is 1. The van der Waals surface area contributed by atoms with Gasteiger partial charge < -0.3 is 14.6 Å². The molecule has 6 heteroatoms. The fraction of sp³-hybridized carbons (Fsp3) is 0.214. The first-order chi connectivity index (χ1) is 16.3. The Balaban J connectivity index is 1.88. The van der Waals surface area contributed by atoms with Gasteiger partial charge in [-0.2, -0.15) is 0 Å². The van der Waals surface area contributed by atoms with Gasteiger partial charge in [0, 0.05) is 17.3 Å². The van der Waals surface area contributed by atoms with Crippen molar-refractivity contribution in [1.29, 1.82) is 0 Å². The summed E-state index contributed by atoms with van der Waals surface area (Å²) in [5, 5.41) is 11.3. The molecule has 0 radical (unpaired) electrons. The van der Waals surface area contributed by atoms with Crippen LogP contribution in [0, 0.1) is 6.92 Å². The lowest BCUT2D eigenvalue weighted by molar-refractivity contribution is -0.132. The van der Waals surface area contributed by atoms with Gasteiger partial charge in [-0.05, 0) is 62.7 Å². The lowest BCUT2D eigenvalue weighted by Gasteiger charge is -2.26. The molecule has 1 heterocycles. The molecule has 1 fully saturated rings. The summed E-state index contributed by atoms with van der Waals surface area (Å²) >= 11 is 0. The molecule has 1 aliphatic rings. The van der Waals surface area contributed by atoms with Crippen molar-refractivity contribution in [2.45, 2.75) is 32.9 Å². The summed E-state index contributed by atoms with van der Waals surface area (Å²) < 4.78 is 11.0. The van der Waals surface area contributed by atoms with Gasteiger partial charge in [-0.1, -0.05) is 35.9 Å². The Bertz CT molecular complexity index is 1260. The summed E-state index contributed by atoms with van der Waals surface area (Å²) in [6, 6.07) is 20.6. The van der Waals surface area contributed by atoms with E-state index in [0.717, 1.165) is 11.1 Å². The predicted octanol–water partition coefficient (Wildman–Crippen LogP) is 5.42. The number of rotatable bonds is 6. The molecule has 3 aromatic carbocycles. The normalized spacial score (nSPS) is 17.3. The Morgan fingerprint density at radius 2 is 1.65 bits per heavy atom. The van der Waals surface area contributed by atoms with E-state index in [2.05, 4.69) is 0 Å². The lowest BCUT2D eigenvalue weighted by Crippen LogP contribution is -2.29. The number of anilines is 1. The van der Waals surface area contributed by atoms with Gasteiger partial charge in [-0.25, -0.2) is 0 Å². The predicted molar refractivity (Wildman–Crippen MR) is 131 cm³/mol. The number of aliphatic hydroxyl groups excluding tert-OH is 1. The van der Waals surface area contributed by atoms with Crippen LogP contribution in [-0.4, -0.2) is 30.0 Å². The highest BCUT2D eigenvalue weighted by Gasteiger charge is 2.47. The monoisotopic (exact) mass is 457 g/mol. The van der Waals surface area contributed by atoms with Crippen molar-refractivity contribution in [2.24, 2.45) is 0 Å². The molecular formula is C28H27NO5. The van der Waals surface area contributed by atoms with Gasteiger partial charge in [-0.15, -0.1) is 0 Å². The molecule has 1 unspecified atom stereocenters. The maximum absolute atomic E-state index is 13.3. The van der Waals surface area contributed by atoms with Crippen molar-refractivity contribution in [2.75, 3.05) is 12.0 Å². The maximum atomic E-state index is 13.3. The van der Waals surface area contributed by atoms with Gasteiger partial charge >= 0.3 is 0 Å². The Labute approximate surface area is 199 Å². The third-order valence-corrected chi connectivity index (χ3v) is 5.63. The van der Waals surface area contributed by atoms with E-state index in [9.17, 15) is 14.7 Å². The summed E-state index contributed by atoms with van der Waals surface area (Å²) in [7, 11) is 1.54. The number of hydrogen-bond acceptors (Lipinski definition) is 5. The van der Waals surface area contributed by atoms with Crippen LogP contribution in [0.3, 0.4) is 0 Å². The topological polar surface area (TPSA) is 76.1 Å². The molecule has 1 atom stereocenters. The molecule has 1 amide bonds. The molecule has 0 aromatic heterocycles. The van der Waals surface area contributed by atoms with Crippen molar-refractivity contribution in [1.82, 2.24) is 0 Å². The molecule has 34 heavy (non-hydrogen) atoms. The van der Waals surface area contributed by atoms with Crippen LogP contribution in [-0.2, 0) is 9.59 Å². The molecule has 1 aliphatic heterocycles. The van der Waals surface area contributed by atoms with Crippen LogP contribution in [0.2, 0.25) is 0 Å². The minimum atomic E-state index is -0.793. The molecule has 174 valence electrons. The van der Waals surface area contributed by atoms with E-state index in [0.29, 0.717) is 22.7 Å². The Hall–Kier alpha value is -4.06. The van der Waals surface area contributed by atoms with Gasteiger partial charge in [0.15, 0.2) is 0 Å². The fourth-order valence-corrected chi connectivity index (χ4v) is 4.13. The van der Waals surface area contributed by atoms with Crippen LogP contribution in [0.25, 0.3) is 5.76 Å². The summed E-state index contributed by atoms with van der Waals surface area (Å²) in [6.45, 7) is 5.79. The minimum Gasteiger partial charge on any atom is -0.507 e. The van der Waals surface area contributed by atoms with Crippen LogP contribution in [0.5, 0.6) is 11.5 Å². The molecule has 4 rings (SSSR count). The third kappa shape index (κ3) is 4.39. The number of aliphatic hydroxyl groups is 1. The Morgan fingerprint density at radius 1 is 0.941 bits per heavy atom. The number of nitrogens with zero attached hydrogens (tertiary/aromatic N) is 1. The number of carbonyl (C=O) groups is 2. The van der Waals surface area contributed by atoms with Crippen molar-refractivity contribution in [3.8, 4) is 11.5 Å². The van der Waals surface area contributed by atoms with E-state index < -0.39 is 17.7 Å². The van der Waals surface area contributed by atoms with E-state index >= 15 is 0 Å². The van der Waals surface area contributed by atoms with Gasteiger partial charge in [0.05, 0.1) is 24.8 Å². The largest absolute Gasteiger partial charge is 0.507 e. The molecule has 1 N–H and O–H groups in total. The minimum absolute atomic E-state index is 0.00829. The first-order valence-corrected chi connectivity index (χ1v) is 11.1. The Morgan fingerprint density at radius 3 is 2.29 bits per heavy atom. The number of carbonyl (C=O) groups excluding carboxylic acids is 2. The van der Waals surface area contributed by atoms with Gasteiger partial charge in [0.1, 0.15) is 17.3 Å². The molecule has 0 aliphatic carbocycles. The number of ketones is 1. The van der Waals surface area contributed by atoms with E-state index in [1.165, 1.54) is 12.0 Å². The fourth-order valence-electron chi connectivity index (χ4n) is 4.13. The second-order valence-corrected chi connectivity index (χ2v) is 8.48. The van der Waals surface area contributed by atoms with E-state index in [1.807, 2.05) is 45.0 Å². The highest BCUT2D eigenvalue weighted by molar-refractivity contribution is 6.51. The molecule has 1 saturated heterocycles. The first kappa shape index (κ1) is 23.1. The van der Waals surface area contributed by atoms with Crippen LogP contribution in [0.15, 0.2) is 78.4 Å². The van der Waals surface area contributed by atoms with E-state index in [4.69, 9.17) is 9.47 Å². The zero-order valence-corrected chi connectivity index (χ0v) is 19.6. The molecule has 6 nitrogen and oxygen atoms in total. The number of aryl methyl sites for hydroxylation is 1. The smallest absolute Gasteiger partial charge is 0.300 e. The number of hydrogen-bond donors (Lipinski definition) is 1. The zero-order valence-electron chi connectivity index (χ0n) is 19.6. The van der Waals surface area contributed by atoms with Crippen LogP contribution in [0.4, 0.5) is 5.69 Å². The van der Waals surface area contributed by atoms with Crippen molar-refractivity contribution < 1.29 is 24.2 Å². The number of benzene rings is 3. The zero-order chi connectivity index (χ0) is 24.4. The van der Waals surface area contributed by atoms with Crippen LogP contribution in [0.1, 0.15) is 36.6 Å². The first-order valence-electron chi connectivity index (χ1n) is 11.1. The van der Waals surface area contributed by atoms with Crippen LogP contribution >= 0.6 is 0 Å². The average Bonchev–Trinajstić information content (AvgIpc) is 3.09. The Kier molecular flexibility index (Phi) is 6.41. The molecule has 0 spiro atoms. The van der Waals surface area contributed by atoms with Crippen molar-refractivity contribution >= 4 is 23.1 Å². The second-order valence-electron chi connectivity index (χ2n) is 8.48. The van der Waals surface area contributed by atoms with Gasteiger partial charge in [0.2, 0.25) is 0 Å². The van der Waals surface area contributed by atoms with Crippen LogP contribution < -0.4 is 14.4 Å². The summed E-state index contributed by atoms with van der Waals surface area (Å²) in [5.74, 6) is -0.469. The standard InChI is InChI=1S/C28H27NO5/c1-17(2)34-22-13-11-19(12-14-22)26(30)24-25(20-8-5-7-18(3)15-20)29(28(32)27(24)31)21-9-6-10-23(16-21)33-4/h5-17,25,30H,1-4H3/b26-24+. The molecule has 0 saturated carbocycles.